The predicted octanol–water partition coefficient (Wildman–Crippen LogP) is 3.83. The third-order valence-electron chi connectivity index (χ3n) is 3.80. The summed E-state index contributed by atoms with van der Waals surface area (Å²) in [5, 5.41) is 4.25. The van der Waals surface area contributed by atoms with Crippen LogP contribution in [0.3, 0.4) is 0 Å². The van der Waals surface area contributed by atoms with E-state index in [4.69, 9.17) is 11.6 Å². The van der Waals surface area contributed by atoms with Gasteiger partial charge in [-0.05, 0) is 31.2 Å². The number of benzene rings is 1. The molecule has 6 nitrogen and oxygen atoms in total. The molecule has 0 unspecified atom stereocenters. The maximum absolute atomic E-state index is 13.1. The zero-order valence-corrected chi connectivity index (χ0v) is 16.4. The molecule has 0 amide bonds. The molecule has 26 heavy (non-hydrogen) atoms. The Morgan fingerprint density at radius 1 is 1.23 bits per heavy atom. The summed E-state index contributed by atoms with van der Waals surface area (Å²) in [7, 11) is 1.83. The van der Waals surface area contributed by atoms with Crippen molar-refractivity contribution in [1.82, 2.24) is 24.1 Å². The molecule has 0 aliphatic rings. The Bertz CT molecular complexity index is 1150. The van der Waals surface area contributed by atoms with E-state index < -0.39 is 0 Å². The molecule has 0 saturated carbocycles. The van der Waals surface area contributed by atoms with Gasteiger partial charge in [0.15, 0.2) is 16.3 Å². The van der Waals surface area contributed by atoms with Gasteiger partial charge < -0.3 is 4.57 Å². The lowest BCUT2D eigenvalue weighted by atomic mass is 10.3. The second kappa shape index (κ2) is 6.86. The molecule has 0 N–H and O–H groups in total. The lowest BCUT2D eigenvalue weighted by Gasteiger charge is -2.11. The van der Waals surface area contributed by atoms with Crippen molar-refractivity contribution in [1.29, 1.82) is 0 Å². The third kappa shape index (κ3) is 3.15. The zero-order valence-electron chi connectivity index (χ0n) is 14.0. The summed E-state index contributed by atoms with van der Waals surface area (Å²) in [6.07, 6.45) is 1.60. The highest BCUT2D eigenvalue weighted by molar-refractivity contribution is 7.98. The van der Waals surface area contributed by atoms with Crippen LogP contribution in [0.1, 0.15) is 10.7 Å². The first kappa shape index (κ1) is 17.3. The maximum atomic E-state index is 13.1. The molecular formula is C17H14ClN5OS2. The van der Waals surface area contributed by atoms with Crippen LogP contribution in [0.5, 0.6) is 0 Å². The van der Waals surface area contributed by atoms with E-state index in [1.165, 1.54) is 11.8 Å². The smallest absolute Gasteiger partial charge is 0.286 e. The summed E-state index contributed by atoms with van der Waals surface area (Å²) in [5.74, 6) is 0.633. The number of imidazole rings is 1. The van der Waals surface area contributed by atoms with Crippen LogP contribution >= 0.6 is 34.7 Å². The van der Waals surface area contributed by atoms with Crippen LogP contribution in [0.4, 0.5) is 0 Å². The second-order valence-corrected chi connectivity index (χ2v) is 8.13. The first-order valence-electron chi connectivity index (χ1n) is 7.77. The van der Waals surface area contributed by atoms with Crippen molar-refractivity contribution in [2.75, 3.05) is 0 Å². The highest BCUT2D eigenvalue weighted by atomic mass is 35.5. The van der Waals surface area contributed by atoms with Crippen molar-refractivity contribution in [3.63, 3.8) is 0 Å². The van der Waals surface area contributed by atoms with E-state index in [1.807, 2.05) is 19.4 Å². The summed E-state index contributed by atoms with van der Waals surface area (Å²) in [5.41, 5.74) is 2.39. The van der Waals surface area contributed by atoms with Gasteiger partial charge in [0.2, 0.25) is 0 Å². The minimum absolute atomic E-state index is 0.199. The fourth-order valence-corrected chi connectivity index (χ4v) is 4.30. The lowest BCUT2D eigenvalue weighted by molar-refractivity contribution is 0.802. The van der Waals surface area contributed by atoms with Crippen molar-refractivity contribution in [2.45, 2.75) is 17.8 Å². The summed E-state index contributed by atoms with van der Waals surface area (Å²) >= 11 is 9.07. The van der Waals surface area contributed by atoms with Gasteiger partial charge in [0, 0.05) is 23.2 Å². The Labute approximate surface area is 162 Å². The van der Waals surface area contributed by atoms with Crippen molar-refractivity contribution >= 4 is 45.9 Å². The van der Waals surface area contributed by atoms with Gasteiger partial charge in [-0.1, -0.05) is 23.4 Å². The van der Waals surface area contributed by atoms with E-state index in [0.717, 1.165) is 10.7 Å². The number of hydrogen-bond acceptors (Lipinski definition) is 6. The Morgan fingerprint density at radius 3 is 2.69 bits per heavy atom. The Kier molecular flexibility index (Phi) is 4.56. The Balaban J connectivity index is 1.85. The minimum atomic E-state index is -0.199. The summed E-state index contributed by atoms with van der Waals surface area (Å²) in [6, 6.07) is 7.11. The Morgan fingerprint density at radius 2 is 2.00 bits per heavy atom. The van der Waals surface area contributed by atoms with Crippen LogP contribution in [-0.4, -0.2) is 24.1 Å². The maximum Gasteiger partial charge on any atom is 0.286 e. The van der Waals surface area contributed by atoms with Crippen LogP contribution in [0, 0.1) is 6.92 Å². The topological polar surface area (TPSA) is 65.6 Å². The number of thiazole rings is 1. The van der Waals surface area contributed by atoms with Crippen LogP contribution in [-0.2, 0) is 12.8 Å². The molecule has 3 aromatic heterocycles. The largest absolute Gasteiger partial charge is 0.318 e. The zero-order chi connectivity index (χ0) is 18.3. The third-order valence-corrected chi connectivity index (χ3v) is 5.85. The fourth-order valence-electron chi connectivity index (χ4n) is 2.57. The first-order chi connectivity index (χ1) is 12.5. The average molecular weight is 404 g/mol. The van der Waals surface area contributed by atoms with E-state index in [1.54, 1.807) is 51.1 Å². The van der Waals surface area contributed by atoms with Crippen molar-refractivity contribution in [2.24, 2.45) is 7.05 Å². The molecule has 0 aliphatic heterocycles. The summed E-state index contributed by atoms with van der Waals surface area (Å²) in [4.78, 5) is 26.4. The SMILES string of the molecule is Cc1nc(CSc2nc3c(ncn3C)c(=O)n2-c2ccc(Cl)cc2)cs1. The molecule has 0 spiro atoms. The van der Waals surface area contributed by atoms with E-state index >= 15 is 0 Å². The standard InChI is InChI=1S/C17H14ClN5OS2/c1-10-20-12(7-25-10)8-26-17-21-15-14(19-9-22(15)2)16(24)23(17)13-5-3-11(18)4-6-13/h3-7,9H,8H2,1-2H3. The van der Waals surface area contributed by atoms with Gasteiger partial charge in [0.1, 0.15) is 0 Å². The van der Waals surface area contributed by atoms with E-state index in [2.05, 4.69) is 15.0 Å². The summed E-state index contributed by atoms with van der Waals surface area (Å²) < 4.78 is 3.33. The molecule has 3 heterocycles. The van der Waals surface area contributed by atoms with Crippen LogP contribution in [0.25, 0.3) is 16.9 Å². The van der Waals surface area contributed by atoms with Crippen molar-refractivity contribution in [3.05, 3.63) is 62.1 Å². The molecule has 0 atom stereocenters. The molecule has 132 valence electrons. The molecule has 1 aromatic carbocycles. The van der Waals surface area contributed by atoms with Gasteiger partial charge >= 0.3 is 0 Å². The number of nitrogens with zero attached hydrogens (tertiary/aromatic N) is 5. The van der Waals surface area contributed by atoms with Crippen molar-refractivity contribution < 1.29 is 0 Å². The molecule has 4 rings (SSSR count). The number of thioether (sulfide) groups is 1. The number of hydrogen-bond donors (Lipinski definition) is 0. The molecule has 0 bridgehead atoms. The highest BCUT2D eigenvalue weighted by Crippen LogP contribution is 2.25. The van der Waals surface area contributed by atoms with Gasteiger partial charge in [0.25, 0.3) is 5.56 Å². The van der Waals surface area contributed by atoms with Gasteiger partial charge in [-0.25, -0.2) is 15.0 Å². The van der Waals surface area contributed by atoms with E-state index in [9.17, 15) is 4.79 Å². The number of aromatic nitrogens is 5. The molecule has 0 fully saturated rings. The predicted molar refractivity (Wildman–Crippen MR) is 106 cm³/mol. The normalized spacial score (nSPS) is 11.3. The van der Waals surface area contributed by atoms with Gasteiger partial charge in [-0.2, -0.15) is 0 Å². The fraction of sp³-hybridized carbons (Fsp3) is 0.176. The van der Waals surface area contributed by atoms with Gasteiger partial charge in [0.05, 0.1) is 22.7 Å². The van der Waals surface area contributed by atoms with E-state index in [0.29, 0.717) is 32.8 Å². The lowest BCUT2D eigenvalue weighted by Crippen LogP contribution is -2.22. The molecule has 0 radical (unpaired) electrons. The number of fused-ring (bicyclic) bond motifs is 1. The number of aryl methyl sites for hydroxylation is 2. The van der Waals surface area contributed by atoms with Gasteiger partial charge in [-0.3, -0.25) is 9.36 Å². The highest BCUT2D eigenvalue weighted by Gasteiger charge is 2.17. The second-order valence-electron chi connectivity index (χ2n) is 5.69. The monoisotopic (exact) mass is 403 g/mol. The minimum Gasteiger partial charge on any atom is -0.318 e. The van der Waals surface area contributed by atoms with Crippen molar-refractivity contribution in [3.8, 4) is 5.69 Å². The van der Waals surface area contributed by atoms with Crippen LogP contribution in [0.15, 0.2) is 45.9 Å². The van der Waals surface area contributed by atoms with E-state index in [-0.39, 0.29) is 5.56 Å². The molecular weight excluding hydrogens is 390 g/mol. The molecule has 0 aliphatic carbocycles. The van der Waals surface area contributed by atoms with Crippen LogP contribution in [0.2, 0.25) is 5.02 Å². The molecule has 4 aromatic rings. The number of halogens is 1. The van der Waals surface area contributed by atoms with Crippen LogP contribution < -0.4 is 5.56 Å². The Hall–Kier alpha value is -2.16. The molecule has 9 heteroatoms. The quantitative estimate of drug-likeness (QED) is 0.382. The first-order valence-corrected chi connectivity index (χ1v) is 10.0. The number of rotatable bonds is 4. The molecule has 0 saturated heterocycles. The van der Waals surface area contributed by atoms with Gasteiger partial charge in [-0.15, -0.1) is 11.3 Å². The summed E-state index contributed by atoms with van der Waals surface area (Å²) in [6.45, 7) is 1.97. The average Bonchev–Trinajstić information content (AvgIpc) is 3.20.